The van der Waals surface area contributed by atoms with E-state index in [0.29, 0.717) is 36.9 Å². The van der Waals surface area contributed by atoms with E-state index in [9.17, 15) is 25.2 Å². The van der Waals surface area contributed by atoms with Gasteiger partial charge in [0.1, 0.15) is 29.7 Å². The Morgan fingerprint density at radius 1 is 1.00 bits per heavy atom. The molecule has 7 rings (SSSR count). The lowest BCUT2D eigenvalue weighted by Crippen LogP contribution is -2.65. The zero-order chi connectivity index (χ0) is 35.8. The molecule has 3 aliphatic heterocycles. The van der Waals surface area contributed by atoms with Gasteiger partial charge in [-0.25, -0.2) is 0 Å². The molecule has 0 unspecified atom stereocenters. The van der Waals surface area contributed by atoms with Crippen LogP contribution < -0.4 is 15.4 Å². The van der Waals surface area contributed by atoms with Crippen LogP contribution in [0.1, 0.15) is 86.3 Å². The summed E-state index contributed by atoms with van der Waals surface area (Å²) in [5.41, 5.74) is 2.52. The van der Waals surface area contributed by atoms with Crippen LogP contribution in [-0.2, 0) is 21.7 Å². The molecule has 0 spiro atoms. The van der Waals surface area contributed by atoms with E-state index in [-0.39, 0.29) is 42.7 Å². The van der Waals surface area contributed by atoms with Gasteiger partial charge in [-0.15, -0.1) is 0 Å². The number of ether oxygens (including phenoxy) is 2. The van der Waals surface area contributed by atoms with E-state index in [1.54, 1.807) is 12.1 Å². The first-order valence-corrected chi connectivity index (χ1v) is 18.8. The summed E-state index contributed by atoms with van der Waals surface area (Å²) >= 11 is 0. The molecule has 276 valence electrons. The van der Waals surface area contributed by atoms with Crippen molar-refractivity contribution >= 4 is 12.1 Å². The molecule has 51 heavy (non-hydrogen) atoms. The molecular weight excluding hydrogens is 646 g/mol. The quantitative estimate of drug-likeness (QED) is 0.0454. The summed E-state index contributed by atoms with van der Waals surface area (Å²) in [6.07, 6.45) is 7.45. The van der Waals surface area contributed by atoms with Gasteiger partial charge >= 0.3 is 0 Å². The summed E-state index contributed by atoms with van der Waals surface area (Å²) in [6, 6.07) is 20.5. The van der Waals surface area contributed by atoms with Crippen LogP contribution in [0.4, 0.5) is 5.69 Å². The monoisotopic (exact) mass is 702 g/mol. The zero-order valence-electron chi connectivity index (χ0n) is 29.9. The maximum atomic E-state index is 12.0. The van der Waals surface area contributed by atoms with Crippen molar-refractivity contribution in [2.24, 2.45) is 11.8 Å². The third-order valence-electron chi connectivity index (χ3n) is 11.9. The number of nitrogens with zero attached hydrogens (tertiary/aromatic N) is 1. The number of rotatable bonds is 18. The Hall–Kier alpha value is -3.51. The number of hydrogen-bond acceptors (Lipinski definition) is 8. The highest BCUT2D eigenvalue weighted by Crippen LogP contribution is 2.43. The Morgan fingerprint density at radius 3 is 2.47 bits per heavy atom. The van der Waals surface area contributed by atoms with Crippen LogP contribution in [0.2, 0.25) is 0 Å². The SMILES string of the molecule is C[C@@H](NC[C@H](O)c1ccc(O)c(NC=O)c1)c1ccc(OCCC[N+]23CCC(CC2)[C@@H](OC[C@@](O)(c2ccccc2)C2CCCC2)C3)c(CO)c1. The average molecular weight is 703 g/mol. The van der Waals surface area contributed by atoms with Crippen LogP contribution in [0.5, 0.6) is 11.5 Å². The summed E-state index contributed by atoms with van der Waals surface area (Å²) in [5.74, 6) is 1.41. The minimum absolute atomic E-state index is 0.0694. The van der Waals surface area contributed by atoms with E-state index in [1.807, 2.05) is 43.3 Å². The Kier molecular flexibility index (Phi) is 12.3. The molecule has 4 aliphatic rings. The molecule has 1 amide bonds. The van der Waals surface area contributed by atoms with Crippen molar-refractivity contribution in [1.29, 1.82) is 0 Å². The Morgan fingerprint density at radius 2 is 1.75 bits per heavy atom. The summed E-state index contributed by atoms with van der Waals surface area (Å²) in [7, 11) is 0. The molecule has 10 nitrogen and oxygen atoms in total. The number of phenolic OH excluding ortho intramolecular Hbond substituents is 1. The Labute approximate surface area is 302 Å². The molecule has 0 aromatic heterocycles. The Bertz CT molecular complexity index is 1570. The lowest BCUT2D eigenvalue weighted by atomic mass is 9.80. The molecule has 3 aromatic rings. The van der Waals surface area contributed by atoms with Gasteiger partial charge in [0, 0.05) is 43.3 Å². The number of amides is 1. The summed E-state index contributed by atoms with van der Waals surface area (Å²) in [5, 5.41) is 48.6. The van der Waals surface area contributed by atoms with E-state index in [4.69, 9.17) is 9.47 Å². The van der Waals surface area contributed by atoms with Crippen LogP contribution in [0, 0.1) is 11.8 Å². The van der Waals surface area contributed by atoms with Crippen LogP contribution in [0.15, 0.2) is 66.7 Å². The number of quaternary nitrogens is 1. The normalized spacial score (nSPS) is 24.2. The molecule has 3 heterocycles. The van der Waals surface area contributed by atoms with Gasteiger partial charge in [-0.2, -0.15) is 0 Å². The minimum Gasteiger partial charge on any atom is -0.506 e. The van der Waals surface area contributed by atoms with Gasteiger partial charge in [0.15, 0.2) is 0 Å². The molecule has 1 saturated carbocycles. The van der Waals surface area contributed by atoms with Gasteiger partial charge in [0.2, 0.25) is 6.41 Å². The molecular formula is C41H56N3O7+. The zero-order valence-corrected chi connectivity index (χ0v) is 29.9. The fourth-order valence-corrected chi connectivity index (χ4v) is 8.70. The predicted molar refractivity (Wildman–Crippen MR) is 196 cm³/mol. The number of carbonyl (C=O) groups is 1. The molecule has 4 atom stereocenters. The number of aromatic hydroxyl groups is 1. The molecule has 6 N–H and O–H groups in total. The molecule has 4 fully saturated rings. The molecule has 1 aliphatic carbocycles. The second-order valence-corrected chi connectivity index (χ2v) is 15.1. The van der Waals surface area contributed by atoms with Crippen molar-refractivity contribution in [3.8, 4) is 11.5 Å². The van der Waals surface area contributed by atoms with Gasteiger partial charge in [0.25, 0.3) is 0 Å². The molecule has 10 heteroatoms. The standard InChI is InChI=1S/C41H55N3O7/c1-29(42-24-38(48)32-12-14-37(47)36(23-32)43-28-46)31-13-15-39(33(22-31)26-45)50-21-7-18-44-19-16-30(17-20-44)40(25-44)51-27-41(49,35-10-5-6-11-35)34-8-3-2-4-9-34/h2-4,8-9,12-15,22-23,28-30,35,38,40,42,45,48-49H,5-7,10-11,16-21,24-27H2,1H3,(H-,43,46,47)/p+1/t29-,30?,38+,40+,41-,44?/m1/s1. The van der Waals surface area contributed by atoms with Gasteiger partial charge in [-0.1, -0.05) is 55.3 Å². The topological polar surface area (TPSA) is 141 Å². The smallest absolute Gasteiger partial charge is 0.211 e. The van der Waals surface area contributed by atoms with Crippen molar-refractivity contribution in [2.75, 3.05) is 51.3 Å². The molecule has 3 aromatic carbocycles. The lowest BCUT2D eigenvalue weighted by molar-refractivity contribution is -0.946. The van der Waals surface area contributed by atoms with E-state index in [1.165, 1.54) is 18.9 Å². The second-order valence-electron chi connectivity index (χ2n) is 15.1. The second kappa shape index (κ2) is 16.9. The number of hydrogen-bond donors (Lipinski definition) is 6. The van der Waals surface area contributed by atoms with Crippen molar-refractivity contribution in [3.63, 3.8) is 0 Å². The van der Waals surface area contributed by atoms with Gasteiger partial charge in [0.05, 0.1) is 51.2 Å². The van der Waals surface area contributed by atoms with E-state index in [2.05, 4.69) is 22.8 Å². The number of phenols is 1. The van der Waals surface area contributed by atoms with E-state index < -0.39 is 11.7 Å². The van der Waals surface area contributed by atoms with Gasteiger partial charge in [-0.3, -0.25) is 4.79 Å². The number of anilines is 1. The number of aliphatic hydroxyl groups is 3. The highest BCUT2D eigenvalue weighted by molar-refractivity contribution is 5.75. The number of piperidine rings is 3. The number of fused-ring (bicyclic) bond motifs is 3. The molecule has 2 bridgehead atoms. The Balaban J connectivity index is 0.988. The fraction of sp³-hybridized carbons (Fsp3) is 0.537. The maximum Gasteiger partial charge on any atom is 0.211 e. The molecule has 3 saturated heterocycles. The average Bonchev–Trinajstić information content (AvgIpc) is 3.72. The van der Waals surface area contributed by atoms with Gasteiger partial charge in [-0.05, 0) is 66.6 Å². The van der Waals surface area contributed by atoms with Crippen LogP contribution >= 0.6 is 0 Å². The largest absolute Gasteiger partial charge is 0.506 e. The van der Waals surface area contributed by atoms with Crippen molar-refractivity contribution in [3.05, 3.63) is 89.0 Å². The number of aliphatic hydroxyl groups excluding tert-OH is 2. The predicted octanol–water partition coefficient (Wildman–Crippen LogP) is 5.31. The summed E-state index contributed by atoms with van der Waals surface area (Å²) in [6.45, 7) is 7.34. The highest BCUT2D eigenvalue weighted by atomic mass is 16.5. The van der Waals surface area contributed by atoms with E-state index >= 15 is 0 Å². The van der Waals surface area contributed by atoms with E-state index in [0.717, 1.165) is 79.5 Å². The van der Waals surface area contributed by atoms with Crippen LogP contribution in [0.3, 0.4) is 0 Å². The summed E-state index contributed by atoms with van der Waals surface area (Å²) < 4.78 is 14.0. The highest BCUT2D eigenvalue weighted by Gasteiger charge is 2.48. The first kappa shape index (κ1) is 37.3. The van der Waals surface area contributed by atoms with Crippen molar-refractivity contribution in [1.82, 2.24) is 5.32 Å². The number of nitrogens with one attached hydrogen (secondary N) is 2. The fourth-order valence-electron chi connectivity index (χ4n) is 8.70. The van der Waals surface area contributed by atoms with Gasteiger partial charge < -0.3 is 45.0 Å². The van der Waals surface area contributed by atoms with Crippen LogP contribution in [-0.4, -0.2) is 83.4 Å². The number of benzene rings is 3. The minimum atomic E-state index is -0.938. The van der Waals surface area contributed by atoms with Crippen LogP contribution in [0.25, 0.3) is 0 Å². The summed E-state index contributed by atoms with van der Waals surface area (Å²) in [4.78, 5) is 10.8. The lowest BCUT2D eigenvalue weighted by Gasteiger charge is -2.53. The number of carbonyl (C=O) groups excluding carboxylic acids is 1. The first-order chi connectivity index (χ1) is 24.7. The third-order valence-corrected chi connectivity index (χ3v) is 11.9. The van der Waals surface area contributed by atoms with Crippen molar-refractivity contribution < 1.29 is 39.2 Å². The first-order valence-electron chi connectivity index (χ1n) is 18.8. The molecule has 0 radical (unpaired) electrons. The van der Waals surface area contributed by atoms with Crippen molar-refractivity contribution in [2.45, 2.75) is 82.3 Å². The maximum absolute atomic E-state index is 12.0. The third kappa shape index (κ3) is 8.76.